The molecule has 0 radical (unpaired) electrons. The third-order valence-corrected chi connectivity index (χ3v) is 5.06. The van der Waals surface area contributed by atoms with Gasteiger partial charge in [-0.3, -0.25) is 0 Å². The quantitative estimate of drug-likeness (QED) is 0.526. The molecule has 0 amide bonds. The number of hydrogen-bond donors (Lipinski definition) is 0. The Morgan fingerprint density at radius 2 is 1.96 bits per heavy atom. The van der Waals surface area contributed by atoms with Crippen molar-refractivity contribution in [2.45, 2.75) is 0 Å². The highest BCUT2D eigenvalue weighted by molar-refractivity contribution is 9.10. The summed E-state index contributed by atoms with van der Waals surface area (Å²) < 4.78 is 8.02. The molecule has 0 bridgehead atoms. The molecule has 2 aromatic heterocycles. The Hall–Kier alpha value is -2.25. The molecule has 0 saturated carbocycles. The number of ether oxygens (including phenoxy) is 1. The minimum Gasteiger partial charge on any atom is -0.497 e. The average molecular weight is 387 g/mol. The van der Waals surface area contributed by atoms with Crippen molar-refractivity contribution in [2.24, 2.45) is 0 Å². The Morgan fingerprint density at radius 3 is 2.78 bits per heavy atom. The summed E-state index contributed by atoms with van der Waals surface area (Å²) in [7, 11) is 1.66. The number of aromatic nitrogens is 4. The Morgan fingerprint density at radius 1 is 1.09 bits per heavy atom. The zero-order valence-corrected chi connectivity index (χ0v) is 14.5. The third kappa shape index (κ3) is 2.51. The molecule has 7 heteroatoms. The molecule has 0 spiro atoms. The van der Waals surface area contributed by atoms with E-state index in [1.54, 1.807) is 11.6 Å². The van der Waals surface area contributed by atoms with Crippen LogP contribution in [0.1, 0.15) is 0 Å². The van der Waals surface area contributed by atoms with Gasteiger partial charge in [0.2, 0.25) is 4.96 Å². The van der Waals surface area contributed by atoms with E-state index in [4.69, 9.17) is 4.74 Å². The van der Waals surface area contributed by atoms with Crippen LogP contribution in [0, 0.1) is 0 Å². The number of benzene rings is 2. The minimum atomic E-state index is 0.720. The molecule has 0 atom stereocenters. The average Bonchev–Trinajstić information content (AvgIpc) is 3.16. The van der Waals surface area contributed by atoms with Crippen LogP contribution in [0.15, 0.2) is 53.0 Å². The number of methoxy groups -OCH3 is 1. The van der Waals surface area contributed by atoms with Crippen LogP contribution in [0.3, 0.4) is 0 Å². The Bertz CT molecular complexity index is 995. The molecule has 2 heterocycles. The number of rotatable bonds is 3. The molecular formula is C16H11BrN4OS. The first-order valence-electron chi connectivity index (χ1n) is 6.88. The zero-order chi connectivity index (χ0) is 15.8. The largest absolute Gasteiger partial charge is 0.497 e. The summed E-state index contributed by atoms with van der Waals surface area (Å²) in [5.74, 6) is 1.53. The van der Waals surface area contributed by atoms with Crippen LogP contribution in [0.4, 0.5) is 0 Å². The van der Waals surface area contributed by atoms with Gasteiger partial charge in [0.15, 0.2) is 5.82 Å². The second kappa shape index (κ2) is 5.75. The van der Waals surface area contributed by atoms with Gasteiger partial charge in [0.1, 0.15) is 10.8 Å². The molecule has 0 aliphatic rings. The number of nitrogens with zero attached hydrogens (tertiary/aromatic N) is 4. The Kier molecular flexibility index (Phi) is 3.59. The van der Waals surface area contributed by atoms with E-state index in [0.29, 0.717) is 0 Å². The highest BCUT2D eigenvalue weighted by Crippen LogP contribution is 2.31. The molecular weight excluding hydrogens is 376 g/mol. The molecule has 0 aliphatic heterocycles. The monoisotopic (exact) mass is 386 g/mol. The van der Waals surface area contributed by atoms with Gasteiger partial charge in [-0.25, -0.2) is 0 Å². The third-order valence-electron chi connectivity index (χ3n) is 3.42. The fraction of sp³-hybridized carbons (Fsp3) is 0.0625. The molecule has 0 fully saturated rings. The van der Waals surface area contributed by atoms with Crippen molar-refractivity contribution in [1.29, 1.82) is 0 Å². The van der Waals surface area contributed by atoms with Crippen LogP contribution in [-0.4, -0.2) is 26.9 Å². The summed E-state index contributed by atoms with van der Waals surface area (Å²) >= 11 is 5.05. The lowest BCUT2D eigenvalue weighted by atomic mass is 10.2. The Balaban J connectivity index is 1.85. The topological polar surface area (TPSA) is 52.3 Å². The lowest BCUT2D eigenvalue weighted by molar-refractivity contribution is 0.415. The van der Waals surface area contributed by atoms with E-state index >= 15 is 0 Å². The van der Waals surface area contributed by atoms with Gasteiger partial charge in [-0.05, 0) is 24.3 Å². The molecule has 2 aromatic carbocycles. The van der Waals surface area contributed by atoms with Gasteiger partial charge < -0.3 is 4.74 Å². The number of hydrogen-bond acceptors (Lipinski definition) is 5. The van der Waals surface area contributed by atoms with Crippen molar-refractivity contribution < 1.29 is 4.74 Å². The normalized spacial score (nSPS) is 11.0. The van der Waals surface area contributed by atoms with Gasteiger partial charge in [-0.1, -0.05) is 51.5 Å². The molecule has 0 unspecified atom stereocenters. The predicted octanol–water partition coefficient (Wildman–Crippen LogP) is 4.29. The van der Waals surface area contributed by atoms with Crippen LogP contribution < -0.4 is 4.74 Å². The van der Waals surface area contributed by atoms with Gasteiger partial charge in [0, 0.05) is 15.6 Å². The Labute approximate surface area is 144 Å². The van der Waals surface area contributed by atoms with Crippen molar-refractivity contribution in [3.8, 4) is 27.7 Å². The second-order valence-electron chi connectivity index (χ2n) is 4.84. The van der Waals surface area contributed by atoms with Crippen molar-refractivity contribution in [2.75, 3.05) is 7.11 Å². The summed E-state index contributed by atoms with van der Waals surface area (Å²) in [4.78, 5) is 0.758. The summed E-state index contributed by atoms with van der Waals surface area (Å²) in [6.07, 6.45) is 0. The van der Waals surface area contributed by atoms with Crippen molar-refractivity contribution >= 4 is 32.2 Å². The van der Waals surface area contributed by atoms with Gasteiger partial charge >= 0.3 is 0 Å². The molecule has 4 rings (SSSR count). The van der Waals surface area contributed by atoms with Crippen LogP contribution in [0.25, 0.3) is 26.9 Å². The minimum absolute atomic E-state index is 0.720. The van der Waals surface area contributed by atoms with E-state index in [-0.39, 0.29) is 0 Å². The first-order chi connectivity index (χ1) is 11.3. The zero-order valence-electron chi connectivity index (χ0n) is 12.1. The van der Waals surface area contributed by atoms with Gasteiger partial charge in [0.25, 0.3) is 0 Å². The van der Waals surface area contributed by atoms with Crippen molar-refractivity contribution in [3.05, 3.63) is 53.0 Å². The number of halogens is 1. The lowest BCUT2D eigenvalue weighted by Gasteiger charge is -2.01. The fourth-order valence-electron chi connectivity index (χ4n) is 2.30. The maximum atomic E-state index is 5.28. The lowest BCUT2D eigenvalue weighted by Crippen LogP contribution is -1.92. The summed E-state index contributed by atoms with van der Waals surface area (Å²) in [5.41, 5.74) is 1.96. The van der Waals surface area contributed by atoms with Crippen molar-refractivity contribution in [1.82, 2.24) is 19.8 Å². The van der Waals surface area contributed by atoms with Crippen LogP contribution in [0.2, 0.25) is 0 Å². The molecule has 114 valence electrons. The highest BCUT2D eigenvalue weighted by Gasteiger charge is 2.16. The number of fused-ring (bicyclic) bond motifs is 1. The first-order valence-corrected chi connectivity index (χ1v) is 8.49. The maximum Gasteiger partial charge on any atom is 0.235 e. The smallest absolute Gasteiger partial charge is 0.235 e. The summed E-state index contributed by atoms with van der Waals surface area (Å²) in [5, 5.41) is 14.0. The van der Waals surface area contributed by atoms with Crippen LogP contribution in [0.5, 0.6) is 5.75 Å². The maximum absolute atomic E-state index is 5.28. The standard InChI is InChI=1S/C16H11BrN4OS/c1-22-11-6-4-5-10(9-11)15-20-21-14(18-19-16(21)23-15)12-7-2-3-8-13(12)17/h2-9H,1H3. The summed E-state index contributed by atoms with van der Waals surface area (Å²) in [6.45, 7) is 0. The van der Waals surface area contributed by atoms with E-state index in [1.807, 2.05) is 48.5 Å². The van der Waals surface area contributed by atoms with E-state index in [2.05, 4.69) is 31.2 Å². The van der Waals surface area contributed by atoms with E-state index in [0.717, 1.165) is 37.1 Å². The molecule has 0 saturated heterocycles. The SMILES string of the molecule is COc1cccc(-c2nn3c(-c4ccccc4Br)nnc3s2)c1. The van der Waals surface area contributed by atoms with E-state index in [1.165, 1.54) is 11.3 Å². The van der Waals surface area contributed by atoms with Crippen LogP contribution >= 0.6 is 27.3 Å². The molecule has 23 heavy (non-hydrogen) atoms. The molecule has 0 N–H and O–H groups in total. The molecule has 0 aliphatic carbocycles. The fourth-order valence-corrected chi connectivity index (χ4v) is 3.60. The highest BCUT2D eigenvalue weighted by atomic mass is 79.9. The van der Waals surface area contributed by atoms with Crippen LogP contribution in [-0.2, 0) is 0 Å². The van der Waals surface area contributed by atoms with Crippen molar-refractivity contribution in [3.63, 3.8) is 0 Å². The van der Waals surface area contributed by atoms with Gasteiger partial charge in [-0.15, -0.1) is 10.2 Å². The van der Waals surface area contributed by atoms with E-state index < -0.39 is 0 Å². The van der Waals surface area contributed by atoms with Gasteiger partial charge in [-0.2, -0.15) is 9.61 Å². The predicted molar refractivity (Wildman–Crippen MR) is 93.8 cm³/mol. The molecule has 4 aromatic rings. The second-order valence-corrected chi connectivity index (χ2v) is 6.65. The van der Waals surface area contributed by atoms with E-state index in [9.17, 15) is 0 Å². The van der Waals surface area contributed by atoms with Gasteiger partial charge in [0.05, 0.1) is 7.11 Å². The molecule has 5 nitrogen and oxygen atoms in total. The summed E-state index contributed by atoms with van der Waals surface area (Å²) in [6, 6.07) is 15.7. The first kappa shape index (κ1) is 14.3.